The van der Waals surface area contributed by atoms with Crippen LogP contribution in [0.15, 0.2) is 4.99 Å². The Morgan fingerprint density at radius 3 is 2.47 bits per heavy atom. The average Bonchev–Trinajstić information content (AvgIpc) is 3.50. The first kappa shape index (κ1) is 21.9. The van der Waals surface area contributed by atoms with Gasteiger partial charge in [-0.15, -0.1) is 0 Å². The summed E-state index contributed by atoms with van der Waals surface area (Å²) in [5.74, 6) is 1.53. The number of hydrogen-bond donors (Lipinski definition) is 2. The molecule has 1 aliphatic carbocycles. The molecule has 4 rings (SSSR count). The quantitative estimate of drug-likeness (QED) is 0.527. The van der Waals surface area contributed by atoms with Gasteiger partial charge in [0.1, 0.15) is 0 Å². The van der Waals surface area contributed by atoms with Crippen LogP contribution in [0.1, 0.15) is 64.2 Å². The van der Waals surface area contributed by atoms with Gasteiger partial charge < -0.3 is 20.3 Å². The van der Waals surface area contributed by atoms with Gasteiger partial charge in [-0.05, 0) is 58.0 Å². The summed E-state index contributed by atoms with van der Waals surface area (Å²) in [6, 6.07) is 0.293. The Balaban J connectivity index is 1.28. The van der Waals surface area contributed by atoms with E-state index in [1.807, 2.05) is 7.05 Å². The highest BCUT2D eigenvalue weighted by Gasteiger charge is 2.40. The van der Waals surface area contributed by atoms with Gasteiger partial charge in [0.05, 0.1) is 0 Å². The van der Waals surface area contributed by atoms with Crippen molar-refractivity contribution >= 4 is 11.9 Å². The zero-order valence-electron chi connectivity index (χ0n) is 18.8. The van der Waals surface area contributed by atoms with Crippen LogP contribution in [-0.2, 0) is 9.53 Å². The first-order valence-corrected chi connectivity index (χ1v) is 12.3. The highest BCUT2D eigenvalue weighted by atomic mass is 16.5. The van der Waals surface area contributed by atoms with Crippen LogP contribution in [0.5, 0.6) is 0 Å². The number of amides is 1. The van der Waals surface area contributed by atoms with Crippen molar-refractivity contribution in [2.24, 2.45) is 10.9 Å². The molecular weight excluding hydrogens is 378 g/mol. The molecule has 0 aromatic rings. The number of ether oxygens (including phenoxy) is 1. The first-order valence-electron chi connectivity index (χ1n) is 12.3. The topological polar surface area (TPSA) is 69.2 Å². The predicted molar refractivity (Wildman–Crippen MR) is 120 cm³/mol. The summed E-state index contributed by atoms with van der Waals surface area (Å²) in [5.41, 5.74) is 0.186. The number of nitrogens with zero attached hydrogens (tertiary/aromatic N) is 3. The molecule has 3 saturated heterocycles. The number of rotatable bonds is 5. The lowest BCUT2D eigenvalue weighted by molar-refractivity contribution is -0.135. The number of guanidine groups is 1. The fourth-order valence-corrected chi connectivity index (χ4v) is 5.87. The van der Waals surface area contributed by atoms with E-state index in [4.69, 9.17) is 4.74 Å². The second-order valence-corrected chi connectivity index (χ2v) is 9.71. The Labute approximate surface area is 182 Å². The molecule has 0 bridgehead atoms. The maximum Gasteiger partial charge on any atom is 0.225 e. The highest BCUT2D eigenvalue weighted by molar-refractivity contribution is 5.81. The number of hydrogen-bond acceptors (Lipinski definition) is 4. The van der Waals surface area contributed by atoms with Crippen molar-refractivity contribution in [1.82, 2.24) is 20.4 Å². The molecule has 4 fully saturated rings. The lowest BCUT2D eigenvalue weighted by Gasteiger charge is -2.45. The van der Waals surface area contributed by atoms with E-state index in [-0.39, 0.29) is 11.5 Å². The average molecular weight is 420 g/mol. The molecule has 0 aromatic heterocycles. The van der Waals surface area contributed by atoms with E-state index in [0.29, 0.717) is 11.9 Å². The molecule has 1 saturated carbocycles. The van der Waals surface area contributed by atoms with Gasteiger partial charge in [-0.1, -0.05) is 19.3 Å². The van der Waals surface area contributed by atoms with Gasteiger partial charge in [-0.3, -0.25) is 14.7 Å². The van der Waals surface area contributed by atoms with E-state index < -0.39 is 0 Å². The monoisotopic (exact) mass is 419 g/mol. The van der Waals surface area contributed by atoms with E-state index >= 15 is 0 Å². The Kier molecular flexibility index (Phi) is 7.52. The van der Waals surface area contributed by atoms with E-state index in [1.54, 1.807) is 0 Å². The van der Waals surface area contributed by atoms with E-state index in [9.17, 15) is 4.79 Å². The molecule has 2 N–H and O–H groups in total. The SMILES string of the molecule is CN=C(NCC1(N2CCCC2)CCOCC1)NC1CCN(C(=O)C2CCCCC2)C1. The molecule has 7 nitrogen and oxygen atoms in total. The molecule has 3 heterocycles. The Morgan fingerprint density at radius 2 is 1.77 bits per heavy atom. The molecule has 1 atom stereocenters. The van der Waals surface area contributed by atoms with Gasteiger partial charge in [0.15, 0.2) is 5.96 Å². The number of likely N-dealkylation sites (tertiary alicyclic amines) is 2. The summed E-state index contributed by atoms with van der Waals surface area (Å²) >= 11 is 0. The van der Waals surface area contributed by atoms with Crippen LogP contribution in [0, 0.1) is 5.92 Å². The largest absolute Gasteiger partial charge is 0.381 e. The van der Waals surface area contributed by atoms with Crippen LogP contribution < -0.4 is 10.6 Å². The first-order chi connectivity index (χ1) is 14.7. The van der Waals surface area contributed by atoms with E-state index in [1.165, 1.54) is 45.2 Å². The van der Waals surface area contributed by atoms with Crippen LogP contribution >= 0.6 is 0 Å². The molecule has 3 aliphatic heterocycles. The summed E-state index contributed by atoms with van der Waals surface area (Å²) < 4.78 is 5.67. The van der Waals surface area contributed by atoms with E-state index in [0.717, 1.165) is 70.9 Å². The highest BCUT2D eigenvalue weighted by Crippen LogP contribution is 2.31. The lowest BCUT2D eigenvalue weighted by Crippen LogP contribution is -2.59. The number of carbonyl (C=O) groups is 1. The van der Waals surface area contributed by atoms with Crippen LogP contribution in [-0.4, -0.2) is 86.2 Å². The smallest absolute Gasteiger partial charge is 0.225 e. The van der Waals surface area contributed by atoms with Gasteiger partial charge >= 0.3 is 0 Å². The Bertz CT molecular complexity index is 592. The predicted octanol–water partition coefficient (Wildman–Crippen LogP) is 1.98. The molecule has 4 aliphatic rings. The van der Waals surface area contributed by atoms with E-state index in [2.05, 4.69) is 25.4 Å². The number of nitrogens with one attached hydrogen (secondary N) is 2. The fourth-order valence-electron chi connectivity index (χ4n) is 5.87. The van der Waals surface area contributed by atoms with Crippen LogP contribution in [0.3, 0.4) is 0 Å². The van der Waals surface area contributed by atoms with Crippen LogP contribution in [0.25, 0.3) is 0 Å². The Morgan fingerprint density at radius 1 is 1.03 bits per heavy atom. The minimum absolute atomic E-state index is 0.186. The molecule has 7 heteroatoms. The third-order valence-corrected chi connectivity index (χ3v) is 7.80. The van der Waals surface area contributed by atoms with Gasteiger partial charge in [-0.25, -0.2) is 0 Å². The van der Waals surface area contributed by atoms with Crippen molar-refractivity contribution in [3.8, 4) is 0 Å². The van der Waals surface area contributed by atoms with Crippen molar-refractivity contribution < 1.29 is 9.53 Å². The molecule has 0 aromatic carbocycles. The standard InChI is InChI=1S/C23H41N5O2/c1-24-22(25-18-23(10-15-30-16-11-23)28-12-5-6-13-28)26-20-9-14-27(17-20)21(29)19-7-3-2-4-8-19/h19-20H,2-18H2,1H3,(H2,24,25,26). The zero-order chi connectivity index (χ0) is 20.8. The third-order valence-electron chi connectivity index (χ3n) is 7.80. The summed E-state index contributed by atoms with van der Waals surface area (Å²) in [6.07, 6.45) is 11.7. The number of carbonyl (C=O) groups excluding carboxylic acids is 1. The molecule has 170 valence electrons. The second kappa shape index (κ2) is 10.3. The minimum atomic E-state index is 0.186. The molecule has 1 unspecified atom stereocenters. The minimum Gasteiger partial charge on any atom is -0.381 e. The summed E-state index contributed by atoms with van der Waals surface area (Å²) in [5, 5.41) is 7.23. The van der Waals surface area contributed by atoms with Crippen molar-refractivity contribution in [2.45, 2.75) is 75.8 Å². The van der Waals surface area contributed by atoms with Crippen molar-refractivity contribution in [3.63, 3.8) is 0 Å². The molecule has 0 radical (unpaired) electrons. The normalized spacial score (nSPS) is 28.6. The summed E-state index contributed by atoms with van der Waals surface area (Å²) in [4.78, 5) is 22.1. The third kappa shape index (κ3) is 5.10. The van der Waals surface area contributed by atoms with Crippen molar-refractivity contribution in [1.29, 1.82) is 0 Å². The number of aliphatic imine (C=N–C) groups is 1. The Hall–Kier alpha value is -1.34. The molecular formula is C23H41N5O2. The van der Waals surface area contributed by atoms with Gasteiger partial charge in [0, 0.05) is 57.4 Å². The van der Waals surface area contributed by atoms with Crippen molar-refractivity contribution in [2.75, 3.05) is 53.0 Å². The van der Waals surface area contributed by atoms with Crippen molar-refractivity contribution in [3.05, 3.63) is 0 Å². The van der Waals surface area contributed by atoms with Crippen LogP contribution in [0.2, 0.25) is 0 Å². The fraction of sp³-hybridized carbons (Fsp3) is 0.913. The van der Waals surface area contributed by atoms with Gasteiger partial charge in [0.2, 0.25) is 5.91 Å². The lowest BCUT2D eigenvalue weighted by atomic mass is 9.88. The molecule has 1 amide bonds. The summed E-state index contributed by atoms with van der Waals surface area (Å²) in [7, 11) is 1.85. The maximum atomic E-state index is 12.9. The van der Waals surface area contributed by atoms with Crippen LogP contribution in [0.4, 0.5) is 0 Å². The second-order valence-electron chi connectivity index (χ2n) is 9.71. The maximum absolute atomic E-state index is 12.9. The molecule has 0 spiro atoms. The van der Waals surface area contributed by atoms with Gasteiger partial charge in [0.25, 0.3) is 0 Å². The van der Waals surface area contributed by atoms with Gasteiger partial charge in [-0.2, -0.15) is 0 Å². The summed E-state index contributed by atoms with van der Waals surface area (Å²) in [6.45, 7) is 6.70. The molecule has 30 heavy (non-hydrogen) atoms. The zero-order valence-corrected chi connectivity index (χ0v) is 18.8.